The average molecular weight is 407 g/mol. The number of fused-ring (bicyclic) bond motifs is 1. The second-order valence-electron chi connectivity index (χ2n) is 6.51. The molecular weight excluding hydrogens is 380 g/mol. The summed E-state index contributed by atoms with van der Waals surface area (Å²) in [5.74, 6) is 1.44. The molecule has 28 heavy (non-hydrogen) atoms. The monoisotopic (exact) mass is 406 g/mol. The summed E-state index contributed by atoms with van der Waals surface area (Å²) in [6, 6.07) is 5.94. The van der Waals surface area contributed by atoms with Crippen molar-refractivity contribution in [3.63, 3.8) is 0 Å². The fourth-order valence-electron chi connectivity index (χ4n) is 3.42. The van der Waals surface area contributed by atoms with Crippen LogP contribution in [0.5, 0.6) is 11.5 Å². The molecule has 0 spiro atoms. The number of hydrogen-bond donors (Lipinski definition) is 2. The van der Waals surface area contributed by atoms with E-state index in [-0.39, 0.29) is 19.0 Å². The van der Waals surface area contributed by atoms with E-state index in [2.05, 4.69) is 16.5 Å². The first-order chi connectivity index (χ1) is 13.0. The SMILES string of the molecule is COc1ccc(CCn2c(C)c(C)c3c(=N)n(CCO)cnc32)cc1OC.Cl. The molecule has 3 aromatic rings. The minimum absolute atomic E-state index is 0. The van der Waals surface area contributed by atoms with E-state index in [1.807, 2.05) is 25.1 Å². The molecule has 0 saturated heterocycles. The second kappa shape index (κ2) is 9.12. The summed E-state index contributed by atoms with van der Waals surface area (Å²) < 4.78 is 14.5. The molecule has 2 N–H and O–H groups in total. The molecule has 0 aliphatic rings. The Balaban J connectivity index is 0.00000280. The Morgan fingerprint density at radius 1 is 1.11 bits per heavy atom. The predicted octanol–water partition coefficient (Wildman–Crippen LogP) is 2.61. The number of aryl methyl sites for hydroxylation is 3. The van der Waals surface area contributed by atoms with E-state index in [0.29, 0.717) is 17.8 Å². The Morgan fingerprint density at radius 3 is 2.46 bits per heavy atom. The highest BCUT2D eigenvalue weighted by molar-refractivity contribution is 5.85. The van der Waals surface area contributed by atoms with Gasteiger partial charge in [-0.25, -0.2) is 4.98 Å². The lowest BCUT2D eigenvalue weighted by molar-refractivity contribution is 0.273. The quantitative estimate of drug-likeness (QED) is 0.631. The van der Waals surface area contributed by atoms with Gasteiger partial charge in [-0.05, 0) is 43.5 Å². The molecule has 0 amide bonds. The van der Waals surface area contributed by atoms with Crippen LogP contribution in [0.2, 0.25) is 0 Å². The number of benzene rings is 1. The van der Waals surface area contributed by atoms with Crippen LogP contribution in [0.15, 0.2) is 24.5 Å². The fourth-order valence-corrected chi connectivity index (χ4v) is 3.42. The van der Waals surface area contributed by atoms with Gasteiger partial charge in [0.05, 0.1) is 32.5 Å². The maximum Gasteiger partial charge on any atom is 0.160 e. The van der Waals surface area contributed by atoms with E-state index in [0.717, 1.165) is 46.6 Å². The van der Waals surface area contributed by atoms with Crippen LogP contribution in [0, 0.1) is 19.3 Å². The van der Waals surface area contributed by atoms with Gasteiger partial charge in [-0.3, -0.25) is 5.41 Å². The maximum atomic E-state index is 9.18. The lowest BCUT2D eigenvalue weighted by Crippen LogP contribution is -2.22. The molecule has 1 aromatic carbocycles. The molecule has 0 aliphatic carbocycles. The zero-order chi connectivity index (χ0) is 19.6. The average Bonchev–Trinajstić information content (AvgIpc) is 2.93. The number of methoxy groups -OCH3 is 2. The van der Waals surface area contributed by atoms with Gasteiger partial charge in [0.2, 0.25) is 0 Å². The van der Waals surface area contributed by atoms with Crippen LogP contribution in [-0.2, 0) is 19.5 Å². The van der Waals surface area contributed by atoms with E-state index in [9.17, 15) is 5.11 Å². The van der Waals surface area contributed by atoms with Crippen LogP contribution < -0.4 is 15.0 Å². The standard InChI is InChI=1S/C20H26N4O3.ClH/c1-13-14(2)24(20-18(13)19(21)23(9-10-25)12-22-20)8-7-15-5-6-16(26-3)17(11-15)27-4;/h5-6,11-12,21,25H,7-10H2,1-4H3;1H. The molecule has 0 radical (unpaired) electrons. The third-order valence-electron chi connectivity index (χ3n) is 5.06. The summed E-state index contributed by atoms with van der Waals surface area (Å²) in [6.45, 7) is 5.19. The molecule has 7 nitrogen and oxygen atoms in total. The normalized spacial score (nSPS) is 10.8. The number of nitrogens with one attached hydrogen (secondary N) is 1. The molecule has 0 saturated carbocycles. The van der Waals surface area contributed by atoms with Gasteiger partial charge in [-0.15, -0.1) is 12.4 Å². The predicted molar refractivity (Wildman–Crippen MR) is 111 cm³/mol. The van der Waals surface area contributed by atoms with Crippen molar-refractivity contribution in [3.8, 4) is 11.5 Å². The zero-order valence-electron chi connectivity index (χ0n) is 16.7. The molecule has 0 bridgehead atoms. The van der Waals surface area contributed by atoms with Gasteiger partial charge in [-0.2, -0.15) is 0 Å². The number of ether oxygens (including phenoxy) is 2. The summed E-state index contributed by atoms with van der Waals surface area (Å²) in [7, 11) is 3.26. The van der Waals surface area contributed by atoms with Crippen LogP contribution in [0.3, 0.4) is 0 Å². The second-order valence-corrected chi connectivity index (χ2v) is 6.51. The lowest BCUT2D eigenvalue weighted by atomic mass is 10.1. The van der Waals surface area contributed by atoms with Gasteiger partial charge >= 0.3 is 0 Å². The molecule has 0 atom stereocenters. The molecule has 2 aromatic heterocycles. The minimum atomic E-state index is -0.0121. The van der Waals surface area contributed by atoms with Gasteiger partial charge in [0.15, 0.2) is 11.5 Å². The van der Waals surface area contributed by atoms with Crippen LogP contribution in [0.4, 0.5) is 0 Å². The number of aromatic nitrogens is 3. The minimum Gasteiger partial charge on any atom is -0.493 e. The Bertz CT molecular complexity index is 1030. The van der Waals surface area contributed by atoms with E-state index in [1.54, 1.807) is 25.1 Å². The molecule has 8 heteroatoms. The van der Waals surface area contributed by atoms with Crippen LogP contribution in [0.1, 0.15) is 16.8 Å². The first-order valence-electron chi connectivity index (χ1n) is 8.93. The molecule has 0 fully saturated rings. The number of nitrogens with zero attached hydrogens (tertiary/aromatic N) is 3. The molecule has 0 unspecified atom stereocenters. The summed E-state index contributed by atoms with van der Waals surface area (Å²) in [5.41, 5.74) is 4.50. The highest BCUT2D eigenvalue weighted by atomic mass is 35.5. The van der Waals surface area contributed by atoms with Crippen molar-refractivity contribution in [2.24, 2.45) is 0 Å². The van der Waals surface area contributed by atoms with Crippen molar-refractivity contribution in [3.05, 3.63) is 46.8 Å². The summed E-state index contributed by atoms with van der Waals surface area (Å²) in [4.78, 5) is 4.57. The van der Waals surface area contributed by atoms with Crippen molar-refractivity contribution in [1.29, 1.82) is 5.41 Å². The Labute approximate surface area is 170 Å². The maximum absolute atomic E-state index is 9.18. The Morgan fingerprint density at radius 2 is 1.82 bits per heavy atom. The fraction of sp³-hybridized carbons (Fsp3) is 0.400. The van der Waals surface area contributed by atoms with Gasteiger partial charge in [0.1, 0.15) is 11.1 Å². The Hall–Kier alpha value is -2.51. The van der Waals surface area contributed by atoms with Crippen molar-refractivity contribution >= 4 is 23.4 Å². The highest BCUT2D eigenvalue weighted by Crippen LogP contribution is 2.28. The largest absolute Gasteiger partial charge is 0.493 e. The third-order valence-corrected chi connectivity index (χ3v) is 5.06. The van der Waals surface area contributed by atoms with Gasteiger partial charge in [-0.1, -0.05) is 6.07 Å². The zero-order valence-corrected chi connectivity index (χ0v) is 17.5. The summed E-state index contributed by atoms with van der Waals surface area (Å²) in [5, 5.41) is 18.5. The van der Waals surface area contributed by atoms with Crippen molar-refractivity contribution in [1.82, 2.24) is 14.1 Å². The smallest absolute Gasteiger partial charge is 0.160 e. The van der Waals surface area contributed by atoms with E-state index in [1.165, 1.54) is 0 Å². The molecule has 0 aliphatic heterocycles. The third kappa shape index (κ3) is 3.86. The number of aliphatic hydroxyl groups excluding tert-OH is 1. The van der Waals surface area contributed by atoms with Gasteiger partial charge in [0, 0.05) is 18.8 Å². The van der Waals surface area contributed by atoms with Crippen LogP contribution in [-0.4, -0.2) is 40.1 Å². The molecular formula is C20H27ClN4O3. The highest BCUT2D eigenvalue weighted by Gasteiger charge is 2.15. The van der Waals surface area contributed by atoms with Crippen molar-refractivity contribution in [2.45, 2.75) is 33.4 Å². The van der Waals surface area contributed by atoms with Crippen LogP contribution in [0.25, 0.3) is 11.0 Å². The van der Waals surface area contributed by atoms with E-state index >= 15 is 0 Å². The number of hydrogen-bond acceptors (Lipinski definition) is 5. The summed E-state index contributed by atoms with van der Waals surface area (Å²) in [6.07, 6.45) is 2.44. The number of halogens is 1. The number of aliphatic hydroxyl groups is 1. The van der Waals surface area contributed by atoms with E-state index in [4.69, 9.17) is 14.9 Å². The molecule has 3 rings (SSSR count). The molecule has 2 heterocycles. The lowest BCUT2D eigenvalue weighted by Gasteiger charge is -2.11. The number of rotatable bonds is 7. The summed E-state index contributed by atoms with van der Waals surface area (Å²) >= 11 is 0. The van der Waals surface area contributed by atoms with E-state index < -0.39 is 0 Å². The molecule has 152 valence electrons. The Kier molecular flexibility index (Phi) is 7.10. The van der Waals surface area contributed by atoms with Gasteiger partial charge < -0.3 is 23.7 Å². The topological polar surface area (TPSA) is 85.3 Å². The first kappa shape index (κ1) is 21.8. The van der Waals surface area contributed by atoms with Crippen molar-refractivity contribution < 1.29 is 14.6 Å². The van der Waals surface area contributed by atoms with Crippen molar-refractivity contribution in [2.75, 3.05) is 20.8 Å². The van der Waals surface area contributed by atoms with Crippen LogP contribution >= 0.6 is 12.4 Å². The first-order valence-corrected chi connectivity index (χ1v) is 8.93. The van der Waals surface area contributed by atoms with Gasteiger partial charge in [0.25, 0.3) is 0 Å².